The summed E-state index contributed by atoms with van der Waals surface area (Å²) < 4.78 is 0. The third kappa shape index (κ3) is 2.91. The van der Waals surface area contributed by atoms with Crippen molar-refractivity contribution in [2.75, 3.05) is 18.0 Å². The molecule has 1 heterocycles. The van der Waals surface area contributed by atoms with E-state index < -0.39 is 0 Å². The maximum atomic E-state index is 7.53. The van der Waals surface area contributed by atoms with Crippen molar-refractivity contribution in [3.8, 4) is 0 Å². The van der Waals surface area contributed by atoms with Gasteiger partial charge < -0.3 is 10.6 Å². The molecule has 1 aliphatic heterocycles. The second-order valence-corrected chi connectivity index (χ2v) is 6.71. The number of amidine groups is 1. The highest BCUT2D eigenvalue weighted by atomic mass is 15.2. The van der Waals surface area contributed by atoms with Crippen molar-refractivity contribution in [3.63, 3.8) is 0 Å². The van der Waals surface area contributed by atoms with Crippen LogP contribution in [0.1, 0.15) is 38.3 Å². The van der Waals surface area contributed by atoms with Crippen molar-refractivity contribution >= 4 is 11.5 Å². The summed E-state index contributed by atoms with van der Waals surface area (Å²) in [4.78, 5) is 2.45. The first-order valence-electron chi connectivity index (χ1n) is 6.99. The highest BCUT2D eigenvalue weighted by Gasteiger charge is 2.31. The molecule has 0 amide bonds. The van der Waals surface area contributed by atoms with E-state index in [1.54, 1.807) is 0 Å². The molecule has 0 spiro atoms. The average Bonchev–Trinajstić information content (AvgIpc) is 2.76. The highest BCUT2D eigenvalue weighted by molar-refractivity contribution is 5.96. The molecule has 3 N–H and O–H groups in total. The van der Waals surface area contributed by atoms with E-state index in [0.29, 0.717) is 5.41 Å². The van der Waals surface area contributed by atoms with Gasteiger partial charge in [0.05, 0.1) is 0 Å². The molecule has 104 valence electrons. The van der Waals surface area contributed by atoms with Crippen LogP contribution in [0.15, 0.2) is 18.2 Å². The number of aryl methyl sites for hydroxylation is 1. The molecule has 1 unspecified atom stereocenters. The Kier molecular flexibility index (Phi) is 3.57. The molecule has 1 aromatic rings. The second-order valence-electron chi connectivity index (χ2n) is 6.71. The average molecular weight is 259 g/mol. The van der Waals surface area contributed by atoms with Crippen molar-refractivity contribution in [2.45, 2.75) is 34.1 Å². The number of benzene rings is 1. The molecule has 1 aliphatic rings. The molecule has 2 rings (SSSR count). The Morgan fingerprint density at radius 2 is 2.05 bits per heavy atom. The summed E-state index contributed by atoms with van der Waals surface area (Å²) in [6, 6.07) is 6.22. The summed E-state index contributed by atoms with van der Waals surface area (Å²) in [5.41, 5.74) is 9.13. The summed E-state index contributed by atoms with van der Waals surface area (Å²) >= 11 is 0. The highest BCUT2D eigenvalue weighted by Crippen LogP contribution is 2.35. The van der Waals surface area contributed by atoms with Gasteiger partial charge in [0.15, 0.2) is 0 Å². The minimum Gasteiger partial charge on any atom is -0.384 e. The molecule has 3 heteroatoms. The normalized spacial score (nSPS) is 19.8. The predicted molar refractivity (Wildman–Crippen MR) is 82.0 cm³/mol. The largest absolute Gasteiger partial charge is 0.384 e. The van der Waals surface area contributed by atoms with Gasteiger partial charge >= 0.3 is 0 Å². The SMILES string of the molecule is Cc1cc(N2CCC(C(C)(C)C)C2)ccc1C(=N)N. The number of rotatable bonds is 2. The van der Waals surface area contributed by atoms with Gasteiger partial charge in [-0.2, -0.15) is 0 Å². The van der Waals surface area contributed by atoms with E-state index in [4.69, 9.17) is 11.1 Å². The lowest BCUT2D eigenvalue weighted by molar-refractivity contribution is 0.263. The Morgan fingerprint density at radius 1 is 1.37 bits per heavy atom. The first-order valence-corrected chi connectivity index (χ1v) is 6.99. The summed E-state index contributed by atoms with van der Waals surface area (Å²) in [7, 11) is 0. The Bertz CT molecular complexity index is 485. The smallest absolute Gasteiger partial charge is 0.123 e. The molecule has 1 fully saturated rings. The molecular formula is C16H25N3. The van der Waals surface area contributed by atoms with Gasteiger partial charge in [-0.3, -0.25) is 5.41 Å². The predicted octanol–water partition coefficient (Wildman–Crippen LogP) is 3.15. The molecule has 1 atom stereocenters. The Labute approximate surface area is 116 Å². The van der Waals surface area contributed by atoms with Gasteiger partial charge in [-0.05, 0) is 48.4 Å². The van der Waals surface area contributed by atoms with Gasteiger partial charge in [-0.25, -0.2) is 0 Å². The molecular weight excluding hydrogens is 234 g/mol. The fourth-order valence-corrected chi connectivity index (χ4v) is 2.85. The molecule has 3 nitrogen and oxygen atoms in total. The van der Waals surface area contributed by atoms with Crippen molar-refractivity contribution in [1.29, 1.82) is 5.41 Å². The van der Waals surface area contributed by atoms with Crippen LogP contribution in [-0.2, 0) is 0 Å². The van der Waals surface area contributed by atoms with E-state index >= 15 is 0 Å². The van der Waals surface area contributed by atoms with Crippen LogP contribution in [0.3, 0.4) is 0 Å². The molecule has 1 saturated heterocycles. The van der Waals surface area contributed by atoms with E-state index in [9.17, 15) is 0 Å². The maximum absolute atomic E-state index is 7.53. The number of nitrogens with two attached hydrogens (primary N) is 1. The minimum atomic E-state index is 0.151. The first-order chi connectivity index (χ1) is 8.79. The minimum absolute atomic E-state index is 0.151. The quantitative estimate of drug-likeness (QED) is 0.633. The summed E-state index contributed by atoms with van der Waals surface area (Å²) in [5, 5.41) is 7.53. The monoisotopic (exact) mass is 259 g/mol. The third-order valence-electron chi connectivity index (χ3n) is 4.28. The van der Waals surface area contributed by atoms with Gasteiger partial charge in [-0.15, -0.1) is 0 Å². The number of nitrogen functional groups attached to an aromatic ring is 1. The Morgan fingerprint density at radius 3 is 2.53 bits per heavy atom. The van der Waals surface area contributed by atoms with Crippen molar-refractivity contribution in [1.82, 2.24) is 0 Å². The zero-order chi connectivity index (χ0) is 14.2. The third-order valence-corrected chi connectivity index (χ3v) is 4.28. The standard InChI is InChI=1S/C16H25N3/c1-11-9-13(5-6-14(11)15(17)18)19-8-7-12(10-19)16(2,3)4/h5-6,9,12H,7-8,10H2,1-4H3,(H3,17,18). The second kappa shape index (κ2) is 4.87. The number of hydrogen-bond acceptors (Lipinski definition) is 2. The van der Waals surface area contributed by atoms with Crippen LogP contribution in [0.5, 0.6) is 0 Å². The molecule has 0 saturated carbocycles. The van der Waals surface area contributed by atoms with Gasteiger partial charge in [-0.1, -0.05) is 20.8 Å². The van der Waals surface area contributed by atoms with E-state index in [1.807, 2.05) is 13.0 Å². The van der Waals surface area contributed by atoms with Crippen LogP contribution in [0, 0.1) is 23.7 Å². The van der Waals surface area contributed by atoms with Gasteiger partial charge in [0.2, 0.25) is 0 Å². The van der Waals surface area contributed by atoms with Crippen LogP contribution in [0.4, 0.5) is 5.69 Å². The van der Waals surface area contributed by atoms with Crippen molar-refractivity contribution in [3.05, 3.63) is 29.3 Å². The van der Waals surface area contributed by atoms with E-state index in [0.717, 1.165) is 30.1 Å². The number of nitrogens with zero attached hydrogens (tertiary/aromatic N) is 1. The first kappa shape index (κ1) is 13.9. The van der Waals surface area contributed by atoms with Crippen LogP contribution in [-0.4, -0.2) is 18.9 Å². The summed E-state index contributed by atoms with van der Waals surface area (Å²) in [6.45, 7) is 11.3. The zero-order valence-corrected chi connectivity index (χ0v) is 12.5. The van der Waals surface area contributed by atoms with Crippen LogP contribution in [0.25, 0.3) is 0 Å². The molecule has 19 heavy (non-hydrogen) atoms. The Hall–Kier alpha value is -1.51. The van der Waals surface area contributed by atoms with Gasteiger partial charge in [0.1, 0.15) is 5.84 Å². The lowest BCUT2D eigenvalue weighted by Gasteiger charge is -2.27. The topological polar surface area (TPSA) is 53.1 Å². The lowest BCUT2D eigenvalue weighted by Crippen LogP contribution is -2.26. The maximum Gasteiger partial charge on any atom is 0.123 e. The van der Waals surface area contributed by atoms with Crippen LogP contribution in [0.2, 0.25) is 0 Å². The summed E-state index contributed by atoms with van der Waals surface area (Å²) in [6.07, 6.45) is 1.26. The number of nitrogens with one attached hydrogen (secondary N) is 1. The summed E-state index contributed by atoms with van der Waals surface area (Å²) in [5.74, 6) is 0.901. The fraction of sp³-hybridized carbons (Fsp3) is 0.562. The molecule has 0 bridgehead atoms. The van der Waals surface area contributed by atoms with Gasteiger partial charge in [0, 0.05) is 24.3 Å². The van der Waals surface area contributed by atoms with Crippen LogP contribution < -0.4 is 10.6 Å². The lowest BCUT2D eigenvalue weighted by atomic mass is 9.80. The zero-order valence-electron chi connectivity index (χ0n) is 12.5. The van der Waals surface area contributed by atoms with Crippen LogP contribution >= 0.6 is 0 Å². The molecule has 0 aromatic heterocycles. The fourth-order valence-electron chi connectivity index (χ4n) is 2.85. The van der Waals surface area contributed by atoms with Crippen molar-refractivity contribution in [2.24, 2.45) is 17.1 Å². The van der Waals surface area contributed by atoms with Gasteiger partial charge in [0.25, 0.3) is 0 Å². The number of anilines is 1. The Balaban J connectivity index is 2.16. The van der Waals surface area contributed by atoms with E-state index in [-0.39, 0.29) is 5.84 Å². The molecule has 0 radical (unpaired) electrons. The number of hydrogen-bond donors (Lipinski definition) is 2. The van der Waals surface area contributed by atoms with Crippen molar-refractivity contribution < 1.29 is 0 Å². The van der Waals surface area contributed by atoms with E-state index in [2.05, 4.69) is 37.8 Å². The molecule has 1 aromatic carbocycles. The van der Waals surface area contributed by atoms with E-state index in [1.165, 1.54) is 12.1 Å². The molecule has 0 aliphatic carbocycles.